The summed E-state index contributed by atoms with van der Waals surface area (Å²) >= 11 is 0. The van der Waals surface area contributed by atoms with Gasteiger partial charge in [0.05, 0.1) is 27.7 Å². The Labute approximate surface area is 274 Å². The van der Waals surface area contributed by atoms with E-state index < -0.39 is 0 Å². The Morgan fingerprint density at radius 3 is 0.884 bits per heavy atom. The molecular weight excluding hydrogens is 518 g/mol. The third kappa shape index (κ3) is 37.5. The van der Waals surface area contributed by atoms with E-state index in [1.54, 1.807) is 0 Å². The van der Waals surface area contributed by atoms with Crippen LogP contribution in [-0.2, 0) is 0 Å². The van der Waals surface area contributed by atoms with Crippen LogP contribution in [0.5, 0.6) is 0 Å². The lowest BCUT2D eigenvalue weighted by Gasteiger charge is -2.29. The molecule has 1 nitrogen and oxygen atoms in total. The minimum atomic E-state index is 0.930. The van der Waals surface area contributed by atoms with Crippen LogP contribution < -0.4 is 0 Å². The van der Waals surface area contributed by atoms with E-state index in [2.05, 4.69) is 59.3 Å². The Morgan fingerprint density at radius 1 is 0.349 bits per heavy atom. The molecule has 0 amide bonds. The van der Waals surface area contributed by atoms with Crippen molar-refractivity contribution in [3.63, 3.8) is 0 Å². The second kappa shape index (κ2) is 34.3. The first-order valence-corrected chi connectivity index (χ1v) is 20.1. The van der Waals surface area contributed by atoms with Crippen LogP contribution in [0.1, 0.15) is 213 Å². The van der Waals surface area contributed by atoms with Crippen molar-refractivity contribution in [2.75, 3.05) is 27.7 Å². The predicted molar refractivity (Wildman–Crippen MR) is 199 cm³/mol. The average Bonchev–Trinajstić information content (AvgIpc) is 2.97. The van der Waals surface area contributed by atoms with Crippen LogP contribution in [0.2, 0.25) is 0 Å². The highest BCUT2D eigenvalue weighted by molar-refractivity contribution is 4.82. The van der Waals surface area contributed by atoms with Crippen LogP contribution in [0.15, 0.2) is 24.3 Å². The number of unbranched alkanes of at least 4 members (excludes halogenated alkanes) is 25. The highest BCUT2D eigenvalue weighted by Crippen LogP contribution is 2.22. The number of allylic oxidation sites excluding steroid dienone is 4. The van der Waals surface area contributed by atoms with E-state index in [0.717, 1.165) is 10.4 Å². The number of hydrogen-bond acceptors (Lipinski definition) is 0. The molecule has 0 N–H and O–H groups in total. The first-order valence-electron chi connectivity index (χ1n) is 20.1. The predicted octanol–water partition coefficient (Wildman–Crippen LogP) is 14.6. The summed E-state index contributed by atoms with van der Waals surface area (Å²) in [7, 11) is 7.16. The monoisotopic (exact) mass is 603 g/mol. The lowest BCUT2D eigenvalue weighted by molar-refractivity contribution is -0.874. The van der Waals surface area contributed by atoms with Gasteiger partial charge in [0.2, 0.25) is 0 Å². The van der Waals surface area contributed by atoms with Crippen molar-refractivity contribution in [2.24, 2.45) is 5.92 Å². The largest absolute Gasteiger partial charge is 0.331 e. The molecule has 0 fully saturated rings. The van der Waals surface area contributed by atoms with Gasteiger partial charge in [-0.25, -0.2) is 0 Å². The van der Waals surface area contributed by atoms with Gasteiger partial charge < -0.3 is 4.48 Å². The molecule has 0 radical (unpaired) electrons. The molecule has 0 aliphatic rings. The molecule has 0 aromatic rings. The lowest BCUT2D eigenvalue weighted by Crippen LogP contribution is -2.39. The fourth-order valence-corrected chi connectivity index (χ4v) is 6.64. The van der Waals surface area contributed by atoms with Crippen LogP contribution in [0.25, 0.3) is 0 Å². The highest BCUT2D eigenvalue weighted by Gasteiger charge is 2.17. The maximum absolute atomic E-state index is 2.46. The minimum absolute atomic E-state index is 0.930. The summed E-state index contributed by atoms with van der Waals surface area (Å²) < 4.78 is 1.13. The highest BCUT2D eigenvalue weighted by atomic mass is 15.3. The van der Waals surface area contributed by atoms with Crippen molar-refractivity contribution in [3.05, 3.63) is 24.3 Å². The Morgan fingerprint density at radius 2 is 0.605 bits per heavy atom. The van der Waals surface area contributed by atoms with Gasteiger partial charge in [-0.2, -0.15) is 0 Å². The van der Waals surface area contributed by atoms with E-state index in [4.69, 9.17) is 0 Å². The maximum atomic E-state index is 2.46. The molecule has 0 bridgehead atoms. The van der Waals surface area contributed by atoms with E-state index in [9.17, 15) is 0 Å². The number of hydrogen-bond donors (Lipinski definition) is 0. The molecular formula is C42H84N+. The standard InChI is InChI=1S/C42H84N/c1-6-8-10-12-14-16-18-20-22-24-26-28-30-32-34-36-38-40-42(41-43(3,4)5)39-37-35-33-31-29-27-25-23-21-19-17-15-13-11-9-7-2/h20-23,42H,6-19,24-41H2,1-5H3/q+1. The molecule has 0 aliphatic heterocycles. The summed E-state index contributed by atoms with van der Waals surface area (Å²) in [5.74, 6) is 0.930. The third-order valence-corrected chi connectivity index (χ3v) is 9.30. The Kier molecular flexibility index (Phi) is 33.9. The number of rotatable bonds is 35. The molecule has 43 heavy (non-hydrogen) atoms. The average molecular weight is 603 g/mol. The molecule has 1 unspecified atom stereocenters. The molecule has 0 aromatic heterocycles. The van der Waals surface area contributed by atoms with Gasteiger partial charge in [-0.15, -0.1) is 0 Å². The zero-order valence-electron chi connectivity index (χ0n) is 31.0. The summed E-state index contributed by atoms with van der Waals surface area (Å²) in [6.45, 7) is 5.96. The minimum Gasteiger partial charge on any atom is -0.331 e. The fraction of sp³-hybridized carbons (Fsp3) is 0.905. The topological polar surface area (TPSA) is 0 Å². The molecule has 0 aromatic carbocycles. The van der Waals surface area contributed by atoms with Crippen molar-refractivity contribution >= 4 is 0 Å². The summed E-state index contributed by atoms with van der Waals surface area (Å²) in [5, 5.41) is 0. The summed E-state index contributed by atoms with van der Waals surface area (Å²) in [5.41, 5.74) is 0. The van der Waals surface area contributed by atoms with E-state index in [0.29, 0.717) is 0 Å². The van der Waals surface area contributed by atoms with Crippen LogP contribution >= 0.6 is 0 Å². The summed E-state index contributed by atoms with van der Waals surface area (Å²) in [4.78, 5) is 0. The van der Waals surface area contributed by atoms with Gasteiger partial charge in [0.25, 0.3) is 0 Å². The fourth-order valence-electron chi connectivity index (χ4n) is 6.64. The second-order valence-electron chi connectivity index (χ2n) is 15.1. The van der Waals surface area contributed by atoms with Crippen molar-refractivity contribution < 1.29 is 4.48 Å². The van der Waals surface area contributed by atoms with Gasteiger partial charge in [-0.1, -0.05) is 173 Å². The maximum Gasteiger partial charge on any atom is 0.0809 e. The van der Waals surface area contributed by atoms with Crippen molar-refractivity contribution in [1.82, 2.24) is 0 Å². The first kappa shape index (κ1) is 42.4. The second-order valence-corrected chi connectivity index (χ2v) is 15.1. The van der Waals surface area contributed by atoms with Crippen LogP contribution in [0.4, 0.5) is 0 Å². The Bertz CT molecular complexity index is 568. The zero-order valence-corrected chi connectivity index (χ0v) is 31.0. The molecule has 0 heterocycles. The molecule has 0 saturated heterocycles. The third-order valence-electron chi connectivity index (χ3n) is 9.30. The molecule has 0 aliphatic carbocycles. The van der Waals surface area contributed by atoms with Gasteiger partial charge in [0, 0.05) is 5.92 Å². The van der Waals surface area contributed by atoms with Gasteiger partial charge in [-0.05, 0) is 64.2 Å². The van der Waals surface area contributed by atoms with E-state index >= 15 is 0 Å². The lowest BCUT2D eigenvalue weighted by atomic mass is 9.93. The van der Waals surface area contributed by atoms with E-state index in [1.165, 1.54) is 206 Å². The molecule has 256 valence electrons. The van der Waals surface area contributed by atoms with E-state index in [1.807, 2.05) is 0 Å². The Hall–Kier alpha value is -0.560. The van der Waals surface area contributed by atoms with Gasteiger partial charge >= 0.3 is 0 Å². The van der Waals surface area contributed by atoms with E-state index in [-0.39, 0.29) is 0 Å². The number of quaternary nitrogens is 1. The van der Waals surface area contributed by atoms with Gasteiger partial charge in [-0.3, -0.25) is 0 Å². The van der Waals surface area contributed by atoms with Crippen molar-refractivity contribution in [1.29, 1.82) is 0 Å². The van der Waals surface area contributed by atoms with Gasteiger partial charge in [0.1, 0.15) is 0 Å². The number of nitrogens with zero attached hydrogens (tertiary/aromatic N) is 1. The van der Waals surface area contributed by atoms with Gasteiger partial charge in [0.15, 0.2) is 0 Å². The first-order chi connectivity index (χ1) is 21.0. The summed E-state index contributed by atoms with van der Waals surface area (Å²) in [6.07, 6.45) is 53.7. The zero-order chi connectivity index (χ0) is 31.5. The SMILES string of the molecule is CCCCCCCCC=CCCCCCCCCCC(CCCCCCCCC=CCCCCCCCC)C[N+](C)(C)C. The quantitative estimate of drug-likeness (QED) is 0.0384. The normalized spacial score (nSPS) is 13.1. The smallest absolute Gasteiger partial charge is 0.0809 e. The molecule has 1 atom stereocenters. The Balaban J connectivity index is 3.65. The molecule has 0 spiro atoms. The van der Waals surface area contributed by atoms with Crippen molar-refractivity contribution in [2.45, 2.75) is 213 Å². The molecule has 0 rings (SSSR count). The van der Waals surface area contributed by atoms with Crippen LogP contribution in [0, 0.1) is 5.92 Å². The molecule has 0 saturated carbocycles. The summed E-state index contributed by atoms with van der Waals surface area (Å²) in [6, 6.07) is 0. The molecule has 1 heteroatoms. The van der Waals surface area contributed by atoms with Crippen LogP contribution in [0.3, 0.4) is 0 Å². The van der Waals surface area contributed by atoms with Crippen molar-refractivity contribution in [3.8, 4) is 0 Å². The van der Waals surface area contributed by atoms with Crippen LogP contribution in [-0.4, -0.2) is 32.2 Å².